The SMILES string of the molecule is CCc1ccc(-c2cc(C(F)(F)F)nc(NN=Cc3ccc(F)s3)n2)cc1. The third-order valence-corrected chi connectivity index (χ3v) is 4.43. The third-order valence-electron chi connectivity index (χ3n) is 3.62. The molecule has 0 aliphatic rings. The van der Waals surface area contributed by atoms with Crippen molar-refractivity contribution in [3.63, 3.8) is 0 Å². The van der Waals surface area contributed by atoms with Crippen molar-refractivity contribution in [2.24, 2.45) is 5.10 Å². The molecule has 0 spiro atoms. The van der Waals surface area contributed by atoms with E-state index in [0.29, 0.717) is 10.4 Å². The molecule has 1 N–H and O–H groups in total. The summed E-state index contributed by atoms with van der Waals surface area (Å²) in [5, 5.41) is 3.40. The van der Waals surface area contributed by atoms with Crippen LogP contribution in [0.15, 0.2) is 47.6 Å². The second-order valence-corrected chi connectivity index (χ2v) is 6.59. The van der Waals surface area contributed by atoms with Crippen LogP contribution in [0.4, 0.5) is 23.5 Å². The maximum atomic E-state index is 13.2. The summed E-state index contributed by atoms with van der Waals surface area (Å²) in [4.78, 5) is 8.07. The lowest BCUT2D eigenvalue weighted by atomic mass is 10.1. The highest BCUT2D eigenvalue weighted by atomic mass is 32.1. The van der Waals surface area contributed by atoms with Crippen LogP contribution in [-0.2, 0) is 12.6 Å². The Balaban J connectivity index is 1.91. The Morgan fingerprint density at radius 1 is 1.11 bits per heavy atom. The van der Waals surface area contributed by atoms with Crippen LogP contribution < -0.4 is 5.43 Å². The molecule has 140 valence electrons. The number of nitrogens with one attached hydrogen (secondary N) is 1. The maximum absolute atomic E-state index is 13.2. The molecule has 3 aromatic rings. The van der Waals surface area contributed by atoms with Crippen molar-refractivity contribution in [2.45, 2.75) is 19.5 Å². The largest absolute Gasteiger partial charge is 0.433 e. The molecule has 0 aliphatic carbocycles. The number of alkyl halides is 3. The lowest BCUT2D eigenvalue weighted by Gasteiger charge is -2.10. The average Bonchev–Trinajstić information content (AvgIpc) is 3.06. The van der Waals surface area contributed by atoms with Crippen LogP contribution in [0.2, 0.25) is 0 Å². The molecule has 2 heterocycles. The minimum absolute atomic E-state index is 0.125. The van der Waals surface area contributed by atoms with Crippen molar-refractivity contribution in [1.29, 1.82) is 0 Å². The predicted molar refractivity (Wildman–Crippen MR) is 97.3 cm³/mol. The van der Waals surface area contributed by atoms with Gasteiger partial charge in [0.25, 0.3) is 0 Å². The molecular formula is C18H14F4N4S. The minimum atomic E-state index is -4.63. The molecule has 1 aromatic carbocycles. The zero-order chi connectivity index (χ0) is 19.4. The summed E-state index contributed by atoms with van der Waals surface area (Å²) in [7, 11) is 0. The number of hydrazone groups is 1. The van der Waals surface area contributed by atoms with Crippen molar-refractivity contribution in [1.82, 2.24) is 9.97 Å². The van der Waals surface area contributed by atoms with E-state index in [0.717, 1.165) is 29.4 Å². The van der Waals surface area contributed by atoms with Gasteiger partial charge >= 0.3 is 6.18 Å². The summed E-state index contributed by atoms with van der Waals surface area (Å²) in [6.07, 6.45) is -2.52. The highest BCUT2D eigenvalue weighted by Gasteiger charge is 2.33. The van der Waals surface area contributed by atoms with Gasteiger partial charge in [-0.2, -0.15) is 22.7 Å². The molecule has 0 fully saturated rings. The summed E-state index contributed by atoms with van der Waals surface area (Å²) < 4.78 is 52.5. The van der Waals surface area contributed by atoms with E-state index in [1.807, 2.05) is 19.1 Å². The van der Waals surface area contributed by atoms with Gasteiger partial charge in [-0.25, -0.2) is 15.4 Å². The Hall–Kier alpha value is -2.81. The summed E-state index contributed by atoms with van der Waals surface area (Å²) in [5.74, 6) is -0.298. The summed E-state index contributed by atoms with van der Waals surface area (Å²) >= 11 is 0.857. The molecule has 0 atom stereocenters. The van der Waals surface area contributed by atoms with E-state index >= 15 is 0 Å². The van der Waals surface area contributed by atoms with Crippen LogP contribution in [0, 0.1) is 5.13 Å². The number of nitrogens with zero attached hydrogens (tertiary/aromatic N) is 3. The van der Waals surface area contributed by atoms with Crippen molar-refractivity contribution in [3.8, 4) is 11.3 Å². The van der Waals surface area contributed by atoms with E-state index in [1.165, 1.54) is 18.3 Å². The van der Waals surface area contributed by atoms with E-state index in [1.54, 1.807) is 12.1 Å². The van der Waals surface area contributed by atoms with Crippen LogP contribution in [0.25, 0.3) is 11.3 Å². The number of hydrogen-bond acceptors (Lipinski definition) is 5. The van der Waals surface area contributed by atoms with Gasteiger partial charge in [0.15, 0.2) is 10.8 Å². The van der Waals surface area contributed by atoms with E-state index < -0.39 is 11.9 Å². The number of hydrogen-bond donors (Lipinski definition) is 1. The Bertz CT molecular complexity index is 949. The van der Waals surface area contributed by atoms with Gasteiger partial charge in [0.05, 0.1) is 16.8 Å². The van der Waals surface area contributed by atoms with Gasteiger partial charge in [-0.05, 0) is 30.2 Å². The van der Waals surface area contributed by atoms with Gasteiger partial charge in [-0.1, -0.05) is 31.2 Å². The first kappa shape index (κ1) is 19.0. The topological polar surface area (TPSA) is 50.2 Å². The molecule has 0 unspecified atom stereocenters. The summed E-state index contributed by atoms with van der Waals surface area (Å²) in [6, 6.07) is 10.8. The number of halogens is 4. The fraction of sp³-hybridized carbons (Fsp3) is 0.167. The van der Waals surface area contributed by atoms with Crippen molar-refractivity contribution in [2.75, 3.05) is 5.43 Å². The molecular weight excluding hydrogens is 380 g/mol. The van der Waals surface area contributed by atoms with Crippen molar-refractivity contribution >= 4 is 23.5 Å². The van der Waals surface area contributed by atoms with Gasteiger partial charge in [-0.15, -0.1) is 11.3 Å². The number of benzene rings is 1. The summed E-state index contributed by atoms with van der Waals surface area (Å²) in [6.45, 7) is 1.99. The lowest BCUT2D eigenvalue weighted by Crippen LogP contribution is -2.11. The minimum Gasteiger partial charge on any atom is -0.245 e. The van der Waals surface area contributed by atoms with E-state index in [4.69, 9.17) is 0 Å². The monoisotopic (exact) mass is 394 g/mol. The van der Waals surface area contributed by atoms with E-state index in [9.17, 15) is 17.6 Å². The molecule has 2 aromatic heterocycles. The molecule has 0 saturated carbocycles. The Kier molecular flexibility index (Phi) is 5.50. The third kappa shape index (κ3) is 4.88. The van der Waals surface area contributed by atoms with E-state index in [-0.39, 0.29) is 16.8 Å². The zero-order valence-electron chi connectivity index (χ0n) is 14.1. The van der Waals surface area contributed by atoms with Gasteiger partial charge in [0.2, 0.25) is 5.95 Å². The molecule has 27 heavy (non-hydrogen) atoms. The van der Waals surface area contributed by atoms with E-state index in [2.05, 4.69) is 20.5 Å². The van der Waals surface area contributed by atoms with Gasteiger partial charge in [0, 0.05) is 5.56 Å². The predicted octanol–water partition coefficient (Wildman–Crippen LogP) is 5.37. The average molecular weight is 394 g/mol. The molecule has 0 amide bonds. The lowest BCUT2D eigenvalue weighted by molar-refractivity contribution is -0.141. The highest BCUT2D eigenvalue weighted by molar-refractivity contribution is 7.12. The molecule has 0 radical (unpaired) electrons. The fourth-order valence-corrected chi connectivity index (χ4v) is 2.86. The summed E-state index contributed by atoms with van der Waals surface area (Å²) in [5.41, 5.74) is 3.03. The smallest absolute Gasteiger partial charge is 0.245 e. The van der Waals surface area contributed by atoms with Crippen LogP contribution in [0.1, 0.15) is 23.1 Å². The first-order chi connectivity index (χ1) is 12.8. The molecule has 9 heteroatoms. The van der Waals surface area contributed by atoms with Gasteiger partial charge < -0.3 is 0 Å². The van der Waals surface area contributed by atoms with Crippen molar-refractivity contribution in [3.05, 3.63) is 63.7 Å². The molecule has 0 saturated heterocycles. The Labute approximate surface area is 156 Å². The molecule has 0 aliphatic heterocycles. The molecule has 4 nitrogen and oxygen atoms in total. The number of rotatable bonds is 5. The first-order valence-corrected chi connectivity index (χ1v) is 8.77. The second kappa shape index (κ2) is 7.83. The standard InChI is InChI=1S/C18H14F4N4S/c1-2-11-3-5-12(6-4-11)14-9-15(18(20,21)22)25-17(24-14)26-23-10-13-7-8-16(19)27-13/h3-10H,2H2,1H3,(H,24,25,26). The Morgan fingerprint density at radius 3 is 2.44 bits per heavy atom. The zero-order valence-corrected chi connectivity index (χ0v) is 14.9. The normalized spacial score (nSPS) is 11.9. The van der Waals surface area contributed by atoms with Crippen LogP contribution in [0.3, 0.4) is 0 Å². The quantitative estimate of drug-likeness (QED) is 0.360. The first-order valence-electron chi connectivity index (χ1n) is 7.95. The van der Waals surface area contributed by atoms with Crippen LogP contribution in [0.5, 0.6) is 0 Å². The van der Waals surface area contributed by atoms with Crippen LogP contribution in [-0.4, -0.2) is 16.2 Å². The maximum Gasteiger partial charge on any atom is 0.433 e. The van der Waals surface area contributed by atoms with Crippen LogP contribution >= 0.6 is 11.3 Å². The Morgan fingerprint density at radius 2 is 1.85 bits per heavy atom. The van der Waals surface area contributed by atoms with Gasteiger partial charge in [0.1, 0.15) is 0 Å². The van der Waals surface area contributed by atoms with Crippen molar-refractivity contribution < 1.29 is 17.6 Å². The number of anilines is 1. The number of aromatic nitrogens is 2. The van der Waals surface area contributed by atoms with Gasteiger partial charge in [-0.3, -0.25) is 0 Å². The molecule has 3 rings (SSSR count). The molecule has 0 bridgehead atoms. The fourth-order valence-electron chi connectivity index (χ4n) is 2.25. The number of aryl methyl sites for hydroxylation is 1. The second-order valence-electron chi connectivity index (χ2n) is 5.52. The number of thiophene rings is 1. The highest BCUT2D eigenvalue weighted by Crippen LogP contribution is 2.31.